The SMILES string of the molecule is CC1CNCC(C(=O)N2CCC(CC(N)=O)CC2)C1. The normalized spacial score (nSPS) is 29.2. The summed E-state index contributed by atoms with van der Waals surface area (Å²) in [4.78, 5) is 25.3. The molecule has 0 aromatic rings. The van der Waals surface area contributed by atoms with Crippen LogP contribution in [0.1, 0.15) is 32.6 Å². The van der Waals surface area contributed by atoms with Crippen LogP contribution in [0.15, 0.2) is 0 Å². The van der Waals surface area contributed by atoms with Crippen LogP contribution in [0, 0.1) is 17.8 Å². The average molecular weight is 267 g/mol. The number of nitrogens with one attached hydrogen (secondary N) is 1. The van der Waals surface area contributed by atoms with Crippen molar-refractivity contribution in [2.75, 3.05) is 26.2 Å². The van der Waals surface area contributed by atoms with E-state index in [-0.39, 0.29) is 17.7 Å². The van der Waals surface area contributed by atoms with Gasteiger partial charge in [-0.2, -0.15) is 0 Å². The van der Waals surface area contributed by atoms with Gasteiger partial charge in [-0.25, -0.2) is 0 Å². The second-order valence-electron chi connectivity index (χ2n) is 6.14. The van der Waals surface area contributed by atoms with E-state index >= 15 is 0 Å². The number of likely N-dealkylation sites (tertiary alicyclic amines) is 1. The first-order valence-electron chi connectivity index (χ1n) is 7.34. The zero-order valence-electron chi connectivity index (χ0n) is 11.7. The van der Waals surface area contributed by atoms with Crippen LogP contribution in [0.5, 0.6) is 0 Å². The van der Waals surface area contributed by atoms with Crippen molar-refractivity contribution in [3.63, 3.8) is 0 Å². The molecule has 2 rings (SSSR count). The van der Waals surface area contributed by atoms with Gasteiger partial charge in [0.1, 0.15) is 0 Å². The van der Waals surface area contributed by atoms with Gasteiger partial charge in [0.05, 0.1) is 5.92 Å². The monoisotopic (exact) mass is 267 g/mol. The van der Waals surface area contributed by atoms with Crippen molar-refractivity contribution in [1.82, 2.24) is 10.2 Å². The van der Waals surface area contributed by atoms with E-state index in [1.807, 2.05) is 4.90 Å². The highest BCUT2D eigenvalue weighted by Crippen LogP contribution is 2.24. The number of carbonyl (C=O) groups excluding carboxylic acids is 2. The quantitative estimate of drug-likeness (QED) is 0.774. The molecule has 2 amide bonds. The van der Waals surface area contributed by atoms with Crippen molar-refractivity contribution >= 4 is 11.8 Å². The molecule has 0 bridgehead atoms. The number of piperidine rings is 2. The Labute approximate surface area is 114 Å². The molecule has 19 heavy (non-hydrogen) atoms. The van der Waals surface area contributed by atoms with Gasteiger partial charge in [0.25, 0.3) is 0 Å². The predicted molar refractivity (Wildman–Crippen MR) is 73.3 cm³/mol. The third kappa shape index (κ3) is 3.93. The van der Waals surface area contributed by atoms with Gasteiger partial charge in [-0.15, -0.1) is 0 Å². The molecule has 2 heterocycles. The Balaban J connectivity index is 1.80. The van der Waals surface area contributed by atoms with E-state index in [1.165, 1.54) is 0 Å². The van der Waals surface area contributed by atoms with Crippen LogP contribution < -0.4 is 11.1 Å². The van der Waals surface area contributed by atoms with Crippen LogP contribution in [0.2, 0.25) is 0 Å². The van der Waals surface area contributed by atoms with Crippen molar-refractivity contribution in [1.29, 1.82) is 0 Å². The largest absolute Gasteiger partial charge is 0.370 e. The number of rotatable bonds is 3. The zero-order chi connectivity index (χ0) is 13.8. The van der Waals surface area contributed by atoms with Crippen LogP contribution in [-0.2, 0) is 9.59 Å². The third-order valence-corrected chi connectivity index (χ3v) is 4.34. The summed E-state index contributed by atoms with van der Waals surface area (Å²) < 4.78 is 0. The minimum Gasteiger partial charge on any atom is -0.370 e. The van der Waals surface area contributed by atoms with Crippen molar-refractivity contribution in [2.24, 2.45) is 23.5 Å². The molecule has 2 unspecified atom stereocenters. The number of nitrogens with two attached hydrogens (primary N) is 1. The maximum absolute atomic E-state index is 12.4. The van der Waals surface area contributed by atoms with Gasteiger partial charge in [0, 0.05) is 26.1 Å². The number of hydrogen-bond acceptors (Lipinski definition) is 3. The summed E-state index contributed by atoms with van der Waals surface area (Å²) in [5.41, 5.74) is 5.22. The van der Waals surface area contributed by atoms with Crippen LogP contribution in [-0.4, -0.2) is 42.9 Å². The summed E-state index contributed by atoms with van der Waals surface area (Å²) >= 11 is 0. The molecule has 2 aliphatic heterocycles. The lowest BCUT2D eigenvalue weighted by Crippen LogP contribution is -2.47. The summed E-state index contributed by atoms with van der Waals surface area (Å²) in [6, 6.07) is 0. The minimum atomic E-state index is -0.227. The van der Waals surface area contributed by atoms with E-state index in [0.29, 0.717) is 18.3 Å². The molecule has 5 heteroatoms. The Morgan fingerprint density at radius 2 is 1.95 bits per heavy atom. The van der Waals surface area contributed by atoms with E-state index in [4.69, 9.17) is 5.73 Å². The fraction of sp³-hybridized carbons (Fsp3) is 0.857. The molecule has 0 saturated carbocycles. The first-order chi connectivity index (χ1) is 9.06. The Bertz CT molecular complexity index is 338. The van der Waals surface area contributed by atoms with Gasteiger partial charge in [-0.05, 0) is 37.6 Å². The zero-order valence-corrected chi connectivity index (χ0v) is 11.7. The van der Waals surface area contributed by atoms with Crippen LogP contribution in [0.3, 0.4) is 0 Å². The minimum absolute atomic E-state index is 0.136. The summed E-state index contributed by atoms with van der Waals surface area (Å²) in [7, 11) is 0. The molecular formula is C14H25N3O2. The second kappa shape index (κ2) is 6.37. The van der Waals surface area contributed by atoms with Gasteiger partial charge < -0.3 is 16.0 Å². The van der Waals surface area contributed by atoms with Gasteiger partial charge in [0.2, 0.25) is 11.8 Å². The van der Waals surface area contributed by atoms with Crippen LogP contribution in [0.25, 0.3) is 0 Å². The molecule has 5 nitrogen and oxygen atoms in total. The standard InChI is InChI=1S/C14H25N3O2/c1-10-6-12(9-16-8-10)14(19)17-4-2-11(3-5-17)7-13(15)18/h10-12,16H,2-9H2,1H3,(H2,15,18). The maximum Gasteiger partial charge on any atom is 0.226 e. The molecule has 0 aromatic heterocycles. The van der Waals surface area contributed by atoms with E-state index in [1.54, 1.807) is 0 Å². The molecule has 2 fully saturated rings. The summed E-state index contributed by atoms with van der Waals surface area (Å²) in [5.74, 6) is 1.14. The number of nitrogens with zero attached hydrogens (tertiary/aromatic N) is 1. The molecule has 0 aromatic carbocycles. The molecular weight excluding hydrogens is 242 g/mol. The first kappa shape index (κ1) is 14.3. The first-order valence-corrected chi connectivity index (χ1v) is 7.34. The summed E-state index contributed by atoms with van der Waals surface area (Å²) in [5, 5.41) is 3.33. The van der Waals surface area contributed by atoms with Crippen LogP contribution in [0.4, 0.5) is 0 Å². The molecule has 2 saturated heterocycles. The fourth-order valence-electron chi connectivity index (χ4n) is 3.24. The highest BCUT2D eigenvalue weighted by molar-refractivity contribution is 5.79. The number of primary amides is 1. The van der Waals surface area contributed by atoms with Gasteiger partial charge in [-0.3, -0.25) is 9.59 Å². The average Bonchev–Trinajstić information content (AvgIpc) is 2.38. The molecule has 3 N–H and O–H groups in total. The number of carbonyl (C=O) groups is 2. The van der Waals surface area contributed by atoms with Gasteiger partial charge in [0.15, 0.2) is 0 Å². The second-order valence-corrected chi connectivity index (χ2v) is 6.14. The lowest BCUT2D eigenvalue weighted by Gasteiger charge is -2.36. The molecule has 0 aliphatic carbocycles. The third-order valence-electron chi connectivity index (χ3n) is 4.34. The number of hydrogen-bond donors (Lipinski definition) is 2. The van der Waals surface area contributed by atoms with E-state index in [9.17, 15) is 9.59 Å². The summed E-state index contributed by atoms with van der Waals surface area (Å²) in [6.45, 7) is 5.57. The van der Waals surface area contributed by atoms with Crippen LogP contribution >= 0.6 is 0 Å². The smallest absolute Gasteiger partial charge is 0.226 e. The fourth-order valence-corrected chi connectivity index (χ4v) is 3.24. The van der Waals surface area contributed by atoms with E-state index < -0.39 is 0 Å². The molecule has 2 atom stereocenters. The lowest BCUT2D eigenvalue weighted by molar-refractivity contribution is -0.138. The molecule has 0 radical (unpaired) electrons. The Kier molecular flexibility index (Phi) is 4.80. The van der Waals surface area contributed by atoms with E-state index in [0.717, 1.165) is 45.4 Å². The van der Waals surface area contributed by atoms with Crippen molar-refractivity contribution in [3.05, 3.63) is 0 Å². The van der Waals surface area contributed by atoms with Crippen molar-refractivity contribution in [2.45, 2.75) is 32.6 Å². The summed E-state index contributed by atoms with van der Waals surface area (Å²) in [6.07, 6.45) is 3.27. The Hall–Kier alpha value is -1.10. The van der Waals surface area contributed by atoms with E-state index in [2.05, 4.69) is 12.2 Å². The maximum atomic E-state index is 12.4. The Morgan fingerprint density at radius 3 is 2.53 bits per heavy atom. The lowest BCUT2D eigenvalue weighted by atomic mass is 9.88. The van der Waals surface area contributed by atoms with Crippen molar-refractivity contribution < 1.29 is 9.59 Å². The highest BCUT2D eigenvalue weighted by Gasteiger charge is 2.31. The van der Waals surface area contributed by atoms with Gasteiger partial charge in [-0.1, -0.05) is 6.92 Å². The Morgan fingerprint density at radius 1 is 1.26 bits per heavy atom. The number of amides is 2. The highest BCUT2D eigenvalue weighted by atomic mass is 16.2. The van der Waals surface area contributed by atoms with Crippen molar-refractivity contribution in [3.8, 4) is 0 Å². The topological polar surface area (TPSA) is 75.4 Å². The van der Waals surface area contributed by atoms with Gasteiger partial charge >= 0.3 is 0 Å². The molecule has 108 valence electrons. The molecule has 2 aliphatic rings. The molecule has 0 spiro atoms. The predicted octanol–water partition coefficient (Wildman–Crippen LogP) is 0.346.